The Hall–Kier alpha value is -2.79. The fourth-order valence-corrected chi connectivity index (χ4v) is 4.25. The first-order valence-corrected chi connectivity index (χ1v) is 11.5. The Morgan fingerprint density at radius 3 is 2.56 bits per heavy atom. The fraction of sp³-hybridized carbons (Fsp3) is 0.200. The minimum absolute atomic E-state index is 0.00670. The van der Waals surface area contributed by atoms with Crippen molar-refractivity contribution in [2.24, 2.45) is 0 Å². The molecule has 2 heterocycles. The number of anilines is 1. The first kappa shape index (κ1) is 23.9. The third-order valence-corrected chi connectivity index (χ3v) is 6.70. The zero-order valence-corrected chi connectivity index (χ0v) is 19.4. The van der Waals surface area contributed by atoms with Crippen LogP contribution in [0.15, 0.2) is 52.4 Å². The molecule has 0 bridgehead atoms. The van der Waals surface area contributed by atoms with Gasteiger partial charge in [0.2, 0.25) is 15.9 Å². The van der Waals surface area contributed by atoms with Crippen LogP contribution in [-0.2, 0) is 27.9 Å². The number of pyridine rings is 1. The summed E-state index contributed by atoms with van der Waals surface area (Å²) in [7, 11) is -3.87. The van der Waals surface area contributed by atoms with Crippen LogP contribution in [0.4, 0.5) is 5.69 Å². The molecule has 3 aromatic rings. The number of rotatable bonds is 7. The van der Waals surface area contributed by atoms with Gasteiger partial charge in [0, 0.05) is 11.9 Å². The van der Waals surface area contributed by atoms with E-state index in [0.29, 0.717) is 11.3 Å². The quantitative estimate of drug-likeness (QED) is 0.519. The Kier molecular flexibility index (Phi) is 7.29. The van der Waals surface area contributed by atoms with Crippen LogP contribution in [0, 0.1) is 13.8 Å². The zero-order valence-electron chi connectivity index (χ0n) is 17.1. The van der Waals surface area contributed by atoms with E-state index in [1.165, 1.54) is 6.07 Å². The smallest absolute Gasteiger partial charge is 0.287 e. The first-order valence-electron chi connectivity index (χ1n) is 9.29. The lowest BCUT2D eigenvalue weighted by Gasteiger charge is -2.12. The number of hydrogen-bond acceptors (Lipinski definition) is 6. The van der Waals surface area contributed by atoms with Crippen LogP contribution in [0.1, 0.15) is 16.8 Å². The monoisotopic (exact) mass is 495 g/mol. The van der Waals surface area contributed by atoms with Crippen LogP contribution in [0.3, 0.4) is 0 Å². The van der Waals surface area contributed by atoms with Crippen molar-refractivity contribution in [1.29, 1.82) is 0 Å². The van der Waals surface area contributed by atoms with Crippen molar-refractivity contribution in [3.8, 4) is 0 Å². The largest absolute Gasteiger partial charge is 0.324 e. The molecule has 0 saturated heterocycles. The summed E-state index contributed by atoms with van der Waals surface area (Å²) in [6.45, 7) is 3.12. The second kappa shape index (κ2) is 9.78. The van der Waals surface area contributed by atoms with E-state index < -0.39 is 28.0 Å². The van der Waals surface area contributed by atoms with E-state index in [-0.39, 0.29) is 27.2 Å². The van der Waals surface area contributed by atoms with E-state index in [1.807, 2.05) is 13.0 Å². The molecule has 9 nitrogen and oxygen atoms in total. The van der Waals surface area contributed by atoms with E-state index in [4.69, 9.17) is 23.2 Å². The molecule has 32 heavy (non-hydrogen) atoms. The van der Waals surface area contributed by atoms with E-state index in [1.54, 1.807) is 31.3 Å². The predicted molar refractivity (Wildman–Crippen MR) is 121 cm³/mol. The molecule has 0 atom stereocenters. The average molecular weight is 496 g/mol. The Balaban J connectivity index is 1.74. The Morgan fingerprint density at radius 1 is 1.12 bits per heavy atom. The van der Waals surface area contributed by atoms with Crippen molar-refractivity contribution >= 4 is 44.8 Å². The maximum atomic E-state index is 12.8. The van der Waals surface area contributed by atoms with Crippen LogP contribution >= 0.6 is 23.2 Å². The molecule has 0 aliphatic carbocycles. The lowest BCUT2D eigenvalue weighted by molar-refractivity contribution is -0.117. The van der Waals surface area contributed by atoms with Crippen molar-refractivity contribution in [3.05, 3.63) is 79.9 Å². The highest BCUT2D eigenvalue weighted by atomic mass is 35.5. The van der Waals surface area contributed by atoms with Gasteiger partial charge in [-0.05, 0) is 43.2 Å². The average Bonchev–Trinajstić information content (AvgIpc) is 2.75. The van der Waals surface area contributed by atoms with Crippen molar-refractivity contribution in [1.82, 2.24) is 19.5 Å². The maximum absolute atomic E-state index is 12.8. The number of sulfonamides is 1. The highest BCUT2D eigenvalue weighted by Crippen LogP contribution is 2.21. The van der Waals surface area contributed by atoms with Crippen molar-refractivity contribution in [2.45, 2.75) is 31.8 Å². The Morgan fingerprint density at radius 2 is 1.88 bits per heavy atom. The molecule has 0 unspecified atom stereocenters. The van der Waals surface area contributed by atoms with Crippen LogP contribution in [0.5, 0.6) is 0 Å². The standard InChI is InChI=1S/C20H19Cl2N5O4S/c1-12-3-5-15(23-8-12)9-25-32(30,31)17-7-14(6-4-13(17)2)26-18(28)11-27-20(29)19(22)16(21)10-24-27/h3-8,10,25H,9,11H2,1-2H3,(H,26,28). The molecule has 0 spiro atoms. The number of carbonyl (C=O) groups is 1. The third-order valence-electron chi connectivity index (χ3n) is 4.41. The number of hydrogen-bond donors (Lipinski definition) is 2. The van der Waals surface area contributed by atoms with Crippen molar-refractivity contribution in [2.75, 3.05) is 5.32 Å². The summed E-state index contributed by atoms with van der Waals surface area (Å²) < 4.78 is 29.0. The van der Waals surface area contributed by atoms with Gasteiger partial charge in [-0.15, -0.1) is 0 Å². The molecule has 12 heteroatoms. The molecule has 0 fully saturated rings. The highest BCUT2D eigenvalue weighted by Gasteiger charge is 2.18. The number of aryl methyl sites for hydroxylation is 2. The molecule has 0 aliphatic rings. The molecule has 1 amide bonds. The molecule has 0 radical (unpaired) electrons. The minimum atomic E-state index is -3.87. The second-order valence-electron chi connectivity index (χ2n) is 6.95. The van der Waals surface area contributed by atoms with Crippen LogP contribution in [-0.4, -0.2) is 29.1 Å². The van der Waals surface area contributed by atoms with E-state index in [0.717, 1.165) is 16.4 Å². The number of nitrogens with zero attached hydrogens (tertiary/aromatic N) is 3. The molecular weight excluding hydrogens is 477 g/mol. The number of carbonyl (C=O) groups excluding carboxylic acids is 1. The number of benzene rings is 1. The summed E-state index contributed by atoms with van der Waals surface area (Å²) in [5.41, 5.74) is 1.56. The predicted octanol–water partition coefficient (Wildman–Crippen LogP) is 2.68. The summed E-state index contributed by atoms with van der Waals surface area (Å²) in [6.07, 6.45) is 2.81. The zero-order chi connectivity index (χ0) is 23.5. The molecule has 2 aromatic heterocycles. The SMILES string of the molecule is Cc1ccc(CNS(=O)(=O)c2cc(NC(=O)Cn3ncc(Cl)c(Cl)c3=O)ccc2C)nc1. The van der Waals surface area contributed by atoms with Gasteiger partial charge in [-0.3, -0.25) is 14.6 Å². The topological polar surface area (TPSA) is 123 Å². The van der Waals surface area contributed by atoms with Gasteiger partial charge in [-0.2, -0.15) is 5.10 Å². The fourth-order valence-electron chi connectivity index (χ4n) is 2.71. The summed E-state index contributed by atoms with van der Waals surface area (Å²) in [5.74, 6) is -0.595. The molecule has 0 saturated carbocycles. The Bertz CT molecular complexity index is 1320. The number of nitrogens with one attached hydrogen (secondary N) is 2. The van der Waals surface area contributed by atoms with Crippen LogP contribution in [0.2, 0.25) is 10.0 Å². The summed E-state index contributed by atoms with van der Waals surface area (Å²) in [6, 6.07) is 8.03. The lowest BCUT2D eigenvalue weighted by Crippen LogP contribution is -2.30. The first-order chi connectivity index (χ1) is 15.1. The minimum Gasteiger partial charge on any atom is -0.324 e. The number of halogens is 2. The molecular formula is C20H19Cl2N5O4S. The van der Waals surface area contributed by atoms with Gasteiger partial charge >= 0.3 is 0 Å². The van der Waals surface area contributed by atoms with Gasteiger partial charge in [0.15, 0.2) is 0 Å². The summed E-state index contributed by atoms with van der Waals surface area (Å²) in [5, 5.41) is 6.06. The number of amides is 1. The van der Waals surface area contributed by atoms with Crippen LogP contribution < -0.4 is 15.6 Å². The Labute approximate surface area is 194 Å². The molecule has 1 aromatic carbocycles. The maximum Gasteiger partial charge on any atom is 0.287 e. The third kappa shape index (κ3) is 5.71. The normalized spacial score (nSPS) is 11.4. The molecule has 0 aliphatic heterocycles. The van der Waals surface area contributed by atoms with Gasteiger partial charge in [0.25, 0.3) is 5.56 Å². The lowest BCUT2D eigenvalue weighted by atomic mass is 10.2. The highest BCUT2D eigenvalue weighted by molar-refractivity contribution is 7.89. The van der Waals surface area contributed by atoms with Crippen LogP contribution in [0.25, 0.3) is 0 Å². The van der Waals surface area contributed by atoms with Crippen molar-refractivity contribution < 1.29 is 13.2 Å². The molecule has 168 valence electrons. The van der Waals surface area contributed by atoms with Gasteiger partial charge in [-0.25, -0.2) is 17.8 Å². The molecule has 2 N–H and O–H groups in total. The second-order valence-corrected chi connectivity index (χ2v) is 9.47. The van der Waals surface area contributed by atoms with Gasteiger partial charge in [-0.1, -0.05) is 35.3 Å². The van der Waals surface area contributed by atoms with E-state index >= 15 is 0 Å². The van der Waals surface area contributed by atoms with Crippen molar-refractivity contribution in [3.63, 3.8) is 0 Å². The van der Waals surface area contributed by atoms with Gasteiger partial charge in [0.1, 0.15) is 11.6 Å². The van der Waals surface area contributed by atoms with Gasteiger partial charge < -0.3 is 5.32 Å². The summed E-state index contributed by atoms with van der Waals surface area (Å²) >= 11 is 11.5. The molecule has 3 rings (SSSR count). The van der Waals surface area contributed by atoms with E-state index in [2.05, 4.69) is 20.1 Å². The summed E-state index contributed by atoms with van der Waals surface area (Å²) in [4.78, 5) is 28.6. The van der Waals surface area contributed by atoms with Gasteiger partial charge in [0.05, 0.1) is 28.4 Å². The van der Waals surface area contributed by atoms with E-state index in [9.17, 15) is 18.0 Å². The number of aromatic nitrogens is 3.